The molecule has 1 aliphatic heterocycles. The molecule has 4 nitrogen and oxygen atoms in total. The summed E-state index contributed by atoms with van der Waals surface area (Å²) in [5, 5.41) is 3.07. The Bertz CT molecular complexity index is 745. The molecule has 0 radical (unpaired) electrons. The molecule has 1 fully saturated rings. The number of nitrogens with one attached hydrogen (secondary N) is 1. The van der Waals surface area contributed by atoms with Crippen LogP contribution in [0.2, 0.25) is 0 Å². The average molecular weight is 420 g/mol. The highest BCUT2D eigenvalue weighted by atomic mass is 79.9. The first-order valence-corrected chi connectivity index (χ1v) is 9.59. The average Bonchev–Trinajstić information content (AvgIpc) is 2.63. The van der Waals surface area contributed by atoms with E-state index in [0.717, 1.165) is 41.9 Å². The largest absolute Gasteiger partial charge is 0.369 e. The van der Waals surface area contributed by atoms with E-state index in [2.05, 4.69) is 31.0 Å². The van der Waals surface area contributed by atoms with Gasteiger partial charge in [0.2, 0.25) is 5.91 Å². The van der Waals surface area contributed by atoms with Crippen LogP contribution in [0.4, 0.5) is 10.1 Å². The van der Waals surface area contributed by atoms with Crippen LogP contribution in [0.15, 0.2) is 53.0 Å². The zero-order chi connectivity index (χ0) is 18.5. The van der Waals surface area contributed by atoms with Gasteiger partial charge in [-0.15, -0.1) is 0 Å². The molecule has 0 aliphatic carbocycles. The summed E-state index contributed by atoms with van der Waals surface area (Å²) < 4.78 is 14.0. The second-order valence-corrected chi connectivity index (χ2v) is 7.40. The molecular formula is C20H23BrFN3O. The second-order valence-electron chi connectivity index (χ2n) is 6.55. The van der Waals surface area contributed by atoms with E-state index in [4.69, 9.17) is 0 Å². The summed E-state index contributed by atoms with van der Waals surface area (Å²) in [6, 6.07) is 14.5. The Morgan fingerprint density at radius 2 is 1.77 bits per heavy atom. The van der Waals surface area contributed by atoms with Gasteiger partial charge in [-0.25, -0.2) is 4.39 Å². The zero-order valence-corrected chi connectivity index (χ0v) is 16.4. The summed E-state index contributed by atoms with van der Waals surface area (Å²) in [4.78, 5) is 16.7. The number of benzene rings is 2. The molecule has 26 heavy (non-hydrogen) atoms. The van der Waals surface area contributed by atoms with Crippen molar-refractivity contribution in [1.82, 2.24) is 10.2 Å². The van der Waals surface area contributed by atoms with Crippen LogP contribution in [0.5, 0.6) is 0 Å². The predicted molar refractivity (Wildman–Crippen MR) is 106 cm³/mol. The lowest BCUT2D eigenvalue weighted by molar-refractivity contribution is -0.123. The molecule has 2 aromatic carbocycles. The summed E-state index contributed by atoms with van der Waals surface area (Å²) in [5.74, 6) is -0.188. The van der Waals surface area contributed by atoms with Crippen LogP contribution in [0.3, 0.4) is 0 Å². The molecule has 1 aliphatic rings. The number of amides is 1. The third-order valence-corrected chi connectivity index (χ3v) is 5.40. The van der Waals surface area contributed by atoms with Crippen molar-refractivity contribution in [2.24, 2.45) is 0 Å². The van der Waals surface area contributed by atoms with Gasteiger partial charge in [0.05, 0.1) is 12.6 Å². The molecule has 6 heteroatoms. The number of anilines is 1. The van der Waals surface area contributed by atoms with E-state index in [1.54, 1.807) is 12.1 Å². The number of rotatable bonds is 5. The van der Waals surface area contributed by atoms with Gasteiger partial charge >= 0.3 is 0 Å². The van der Waals surface area contributed by atoms with Crippen LogP contribution in [0.25, 0.3) is 0 Å². The maximum atomic E-state index is 13.0. The van der Waals surface area contributed by atoms with E-state index >= 15 is 0 Å². The van der Waals surface area contributed by atoms with Gasteiger partial charge in [0.15, 0.2) is 0 Å². The van der Waals surface area contributed by atoms with E-state index < -0.39 is 0 Å². The van der Waals surface area contributed by atoms with Gasteiger partial charge < -0.3 is 10.2 Å². The first-order valence-electron chi connectivity index (χ1n) is 8.79. The number of hydrogen-bond acceptors (Lipinski definition) is 3. The highest BCUT2D eigenvalue weighted by molar-refractivity contribution is 9.10. The van der Waals surface area contributed by atoms with Crippen molar-refractivity contribution in [3.8, 4) is 0 Å². The summed E-state index contributed by atoms with van der Waals surface area (Å²) in [7, 11) is 0. The van der Waals surface area contributed by atoms with E-state index in [1.165, 1.54) is 12.1 Å². The molecule has 0 unspecified atom stereocenters. The SMILES string of the molecule is C[C@H](NC(=O)CN1CCN(c2ccc(F)cc2)CC1)c1ccccc1Br. The number of nitrogens with zero attached hydrogens (tertiary/aromatic N) is 2. The zero-order valence-electron chi connectivity index (χ0n) is 14.8. The van der Waals surface area contributed by atoms with Crippen LogP contribution in [-0.4, -0.2) is 43.5 Å². The third-order valence-electron chi connectivity index (χ3n) is 4.68. The molecular weight excluding hydrogens is 397 g/mol. The van der Waals surface area contributed by atoms with Crippen LogP contribution in [-0.2, 0) is 4.79 Å². The number of piperazine rings is 1. The lowest BCUT2D eigenvalue weighted by Gasteiger charge is -2.35. The smallest absolute Gasteiger partial charge is 0.234 e. The quantitative estimate of drug-likeness (QED) is 0.803. The fourth-order valence-corrected chi connectivity index (χ4v) is 3.84. The van der Waals surface area contributed by atoms with E-state index in [9.17, 15) is 9.18 Å². The Morgan fingerprint density at radius 1 is 1.12 bits per heavy atom. The molecule has 0 spiro atoms. The Kier molecular flexibility index (Phi) is 6.27. The lowest BCUT2D eigenvalue weighted by Crippen LogP contribution is -2.49. The van der Waals surface area contributed by atoms with Crippen molar-refractivity contribution in [3.05, 3.63) is 64.4 Å². The van der Waals surface area contributed by atoms with Gasteiger partial charge in [0, 0.05) is 36.3 Å². The van der Waals surface area contributed by atoms with Crippen LogP contribution in [0.1, 0.15) is 18.5 Å². The predicted octanol–water partition coefficient (Wildman–Crippen LogP) is 3.59. The summed E-state index contributed by atoms with van der Waals surface area (Å²) in [5.41, 5.74) is 2.10. The Balaban J connectivity index is 1.47. The van der Waals surface area contributed by atoms with Crippen molar-refractivity contribution in [2.75, 3.05) is 37.6 Å². The summed E-state index contributed by atoms with van der Waals surface area (Å²) in [6.07, 6.45) is 0. The highest BCUT2D eigenvalue weighted by Gasteiger charge is 2.20. The minimum Gasteiger partial charge on any atom is -0.369 e. The summed E-state index contributed by atoms with van der Waals surface area (Å²) >= 11 is 3.53. The monoisotopic (exact) mass is 419 g/mol. The molecule has 0 bridgehead atoms. The van der Waals surface area contributed by atoms with Crippen molar-refractivity contribution in [3.63, 3.8) is 0 Å². The molecule has 0 saturated carbocycles. The molecule has 1 saturated heterocycles. The van der Waals surface area contributed by atoms with Gasteiger partial charge in [-0.05, 0) is 42.8 Å². The topological polar surface area (TPSA) is 35.6 Å². The van der Waals surface area contributed by atoms with Crippen LogP contribution >= 0.6 is 15.9 Å². The van der Waals surface area contributed by atoms with Gasteiger partial charge in [-0.2, -0.15) is 0 Å². The van der Waals surface area contributed by atoms with E-state index in [-0.39, 0.29) is 17.8 Å². The van der Waals surface area contributed by atoms with Crippen LogP contribution < -0.4 is 10.2 Å². The number of hydrogen-bond donors (Lipinski definition) is 1. The fourth-order valence-electron chi connectivity index (χ4n) is 3.21. The lowest BCUT2D eigenvalue weighted by atomic mass is 10.1. The first-order chi connectivity index (χ1) is 12.5. The molecule has 2 aromatic rings. The minimum absolute atomic E-state index is 0.0310. The highest BCUT2D eigenvalue weighted by Crippen LogP contribution is 2.22. The van der Waals surface area contributed by atoms with Gasteiger partial charge in [-0.1, -0.05) is 34.1 Å². The molecule has 1 amide bonds. The van der Waals surface area contributed by atoms with Crippen molar-refractivity contribution in [2.45, 2.75) is 13.0 Å². The number of carbonyl (C=O) groups is 1. The summed E-state index contributed by atoms with van der Waals surface area (Å²) in [6.45, 7) is 5.68. The fraction of sp³-hybridized carbons (Fsp3) is 0.350. The Labute approximate surface area is 162 Å². The van der Waals surface area contributed by atoms with Crippen molar-refractivity contribution < 1.29 is 9.18 Å². The molecule has 138 valence electrons. The third kappa shape index (κ3) is 4.83. The Hall–Kier alpha value is -1.92. The van der Waals surface area contributed by atoms with Crippen molar-refractivity contribution in [1.29, 1.82) is 0 Å². The second kappa shape index (κ2) is 8.64. The molecule has 1 N–H and O–H groups in total. The first kappa shape index (κ1) is 18.9. The van der Waals surface area contributed by atoms with Gasteiger partial charge in [-0.3, -0.25) is 9.69 Å². The maximum Gasteiger partial charge on any atom is 0.234 e. The number of carbonyl (C=O) groups excluding carboxylic acids is 1. The molecule has 0 aromatic heterocycles. The maximum absolute atomic E-state index is 13.0. The number of halogens is 2. The van der Waals surface area contributed by atoms with Gasteiger partial charge in [0.25, 0.3) is 0 Å². The normalized spacial score (nSPS) is 16.3. The standard InChI is InChI=1S/C20H23BrFN3O/c1-15(18-4-2-3-5-19(18)21)23-20(26)14-24-10-12-25(13-11-24)17-8-6-16(22)7-9-17/h2-9,15H,10-14H2,1H3,(H,23,26)/t15-/m0/s1. The minimum atomic E-state index is -0.219. The molecule has 1 heterocycles. The Morgan fingerprint density at radius 3 is 2.42 bits per heavy atom. The van der Waals surface area contributed by atoms with Crippen molar-refractivity contribution >= 4 is 27.5 Å². The van der Waals surface area contributed by atoms with Gasteiger partial charge in [0.1, 0.15) is 5.82 Å². The van der Waals surface area contributed by atoms with E-state index in [0.29, 0.717) is 6.54 Å². The molecule has 3 rings (SSSR count). The van der Waals surface area contributed by atoms with Crippen LogP contribution in [0, 0.1) is 5.82 Å². The van der Waals surface area contributed by atoms with E-state index in [1.807, 2.05) is 31.2 Å². The molecule has 1 atom stereocenters.